The quantitative estimate of drug-likeness (QED) is 0.723. The summed E-state index contributed by atoms with van der Waals surface area (Å²) in [5, 5.41) is 12.1. The highest BCUT2D eigenvalue weighted by atomic mass is 19.1. The summed E-state index contributed by atoms with van der Waals surface area (Å²) in [6.45, 7) is 3.13. The van der Waals surface area contributed by atoms with Gasteiger partial charge in [0.05, 0.1) is 24.1 Å². The smallest absolute Gasteiger partial charge is 0.230 e. The summed E-state index contributed by atoms with van der Waals surface area (Å²) in [5.74, 6) is -0.712. The van der Waals surface area contributed by atoms with E-state index in [0.29, 0.717) is 0 Å². The fourth-order valence-corrected chi connectivity index (χ4v) is 2.45. The highest BCUT2D eigenvalue weighted by molar-refractivity contribution is 5.50. The maximum Gasteiger partial charge on any atom is 0.230 e. The Morgan fingerprint density at radius 2 is 2.17 bits per heavy atom. The number of morpholine rings is 2. The van der Waals surface area contributed by atoms with E-state index in [1.54, 1.807) is 6.07 Å². The van der Waals surface area contributed by atoms with Crippen LogP contribution in [0.25, 0.3) is 0 Å². The van der Waals surface area contributed by atoms with Gasteiger partial charge in [-0.15, -0.1) is 0 Å². The van der Waals surface area contributed by atoms with Crippen LogP contribution in [0.5, 0.6) is 0 Å². The Bertz CT molecular complexity index is 489. The highest BCUT2D eigenvalue weighted by Gasteiger charge is 2.31. The summed E-state index contributed by atoms with van der Waals surface area (Å²) in [6.07, 6.45) is 1.77. The zero-order chi connectivity index (χ0) is 12.5. The van der Waals surface area contributed by atoms with Crippen molar-refractivity contribution in [2.24, 2.45) is 0 Å². The van der Waals surface area contributed by atoms with Gasteiger partial charge in [0.25, 0.3) is 0 Å². The third-order valence-corrected chi connectivity index (χ3v) is 3.29. The molecule has 0 aromatic carbocycles. The van der Waals surface area contributed by atoms with Gasteiger partial charge in [-0.25, -0.2) is 4.98 Å². The number of aromatic nitrogens is 1. The van der Waals surface area contributed by atoms with Crippen molar-refractivity contribution in [1.82, 2.24) is 10.3 Å². The van der Waals surface area contributed by atoms with Crippen molar-refractivity contribution >= 4 is 5.69 Å². The van der Waals surface area contributed by atoms with E-state index in [9.17, 15) is 4.39 Å². The summed E-state index contributed by atoms with van der Waals surface area (Å²) in [4.78, 5) is 5.74. The molecule has 6 heteroatoms. The first kappa shape index (κ1) is 11.4. The molecule has 2 aliphatic rings. The minimum atomic E-state index is -0.712. The average Bonchev–Trinajstić information content (AvgIpc) is 2.39. The monoisotopic (exact) mass is 248 g/mol. The molecule has 2 unspecified atom stereocenters. The van der Waals surface area contributed by atoms with Crippen LogP contribution in [-0.2, 0) is 4.74 Å². The Hall–Kier alpha value is -1.71. The zero-order valence-corrected chi connectivity index (χ0v) is 9.77. The van der Waals surface area contributed by atoms with Crippen LogP contribution in [0.4, 0.5) is 10.1 Å². The van der Waals surface area contributed by atoms with E-state index in [1.807, 2.05) is 6.07 Å². The number of fused-ring (bicyclic) bond motifs is 2. The van der Waals surface area contributed by atoms with E-state index in [4.69, 9.17) is 10.00 Å². The van der Waals surface area contributed by atoms with Crippen LogP contribution in [0.2, 0.25) is 0 Å². The second kappa shape index (κ2) is 4.52. The zero-order valence-electron chi connectivity index (χ0n) is 9.77. The molecule has 2 atom stereocenters. The molecule has 1 N–H and O–H groups in total. The number of ether oxygens (including phenoxy) is 1. The molecule has 3 rings (SSSR count). The van der Waals surface area contributed by atoms with Crippen molar-refractivity contribution in [1.29, 1.82) is 5.26 Å². The fraction of sp³-hybridized carbons (Fsp3) is 0.500. The SMILES string of the molecule is N#Cc1cc(N2CC3CNCC(C2)O3)cnc1F. The predicted molar refractivity (Wildman–Crippen MR) is 62.7 cm³/mol. The largest absolute Gasteiger partial charge is 0.369 e. The van der Waals surface area contributed by atoms with E-state index in [2.05, 4.69) is 15.2 Å². The molecule has 5 nitrogen and oxygen atoms in total. The molecule has 0 saturated carbocycles. The minimum Gasteiger partial charge on any atom is -0.369 e. The molecular formula is C12H13FN4O. The molecule has 0 spiro atoms. The lowest BCUT2D eigenvalue weighted by Gasteiger charge is -2.42. The van der Waals surface area contributed by atoms with Crippen molar-refractivity contribution in [3.05, 3.63) is 23.8 Å². The van der Waals surface area contributed by atoms with Gasteiger partial charge in [-0.2, -0.15) is 9.65 Å². The Kier molecular flexibility index (Phi) is 2.86. The number of nitrogens with one attached hydrogen (secondary N) is 1. The van der Waals surface area contributed by atoms with E-state index in [-0.39, 0.29) is 17.8 Å². The van der Waals surface area contributed by atoms with Crippen LogP contribution in [0.3, 0.4) is 0 Å². The predicted octanol–water partition coefficient (Wildman–Crippen LogP) is 0.269. The number of anilines is 1. The molecule has 2 saturated heterocycles. The topological polar surface area (TPSA) is 61.2 Å². The summed E-state index contributed by atoms with van der Waals surface area (Å²) in [5.41, 5.74) is 0.774. The summed E-state index contributed by atoms with van der Waals surface area (Å²) >= 11 is 0. The number of nitriles is 1. The molecule has 2 aliphatic heterocycles. The van der Waals surface area contributed by atoms with Gasteiger partial charge in [0.1, 0.15) is 11.6 Å². The molecule has 2 bridgehead atoms. The van der Waals surface area contributed by atoms with Crippen LogP contribution in [0.1, 0.15) is 5.56 Å². The summed E-state index contributed by atoms with van der Waals surface area (Å²) in [6, 6.07) is 3.37. The van der Waals surface area contributed by atoms with E-state index < -0.39 is 5.95 Å². The number of rotatable bonds is 1. The van der Waals surface area contributed by atoms with Crippen molar-refractivity contribution in [3.63, 3.8) is 0 Å². The maximum atomic E-state index is 13.2. The average molecular weight is 248 g/mol. The molecule has 1 aromatic heterocycles. The van der Waals surface area contributed by atoms with E-state index in [1.165, 1.54) is 6.20 Å². The number of hydrogen-bond acceptors (Lipinski definition) is 5. The molecule has 3 heterocycles. The molecule has 94 valence electrons. The normalized spacial score (nSPS) is 26.8. The van der Waals surface area contributed by atoms with Crippen molar-refractivity contribution in [3.8, 4) is 6.07 Å². The Morgan fingerprint density at radius 3 is 2.83 bits per heavy atom. The van der Waals surface area contributed by atoms with Crippen molar-refractivity contribution in [2.45, 2.75) is 12.2 Å². The minimum absolute atomic E-state index is 0.0118. The van der Waals surface area contributed by atoms with Crippen LogP contribution < -0.4 is 10.2 Å². The maximum absolute atomic E-state index is 13.2. The first-order valence-corrected chi connectivity index (χ1v) is 5.93. The third kappa shape index (κ3) is 2.03. The lowest BCUT2D eigenvalue weighted by Crippen LogP contribution is -2.58. The van der Waals surface area contributed by atoms with Crippen LogP contribution in [-0.4, -0.2) is 43.4 Å². The van der Waals surface area contributed by atoms with Gasteiger partial charge in [-0.3, -0.25) is 0 Å². The van der Waals surface area contributed by atoms with Gasteiger partial charge < -0.3 is 15.0 Å². The van der Waals surface area contributed by atoms with Gasteiger partial charge in [0, 0.05) is 26.2 Å². The van der Waals surface area contributed by atoms with E-state index in [0.717, 1.165) is 31.9 Å². The van der Waals surface area contributed by atoms with Gasteiger partial charge >= 0.3 is 0 Å². The molecule has 2 fully saturated rings. The van der Waals surface area contributed by atoms with Gasteiger partial charge in [-0.1, -0.05) is 0 Å². The standard InChI is InChI=1S/C12H13FN4O/c13-12-8(2-14)1-9(3-16-12)17-6-10-4-15-5-11(7-17)18-10/h1,3,10-11,15H,4-7H2. The molecular weight excluding hydrogens is 235 g/mol. The lowest BCUT2D eigenvalue weighted by molar-refractivity contribution is -0.0484. The molecule has 0 amide bonds. The van der Waals surface area contributed by atoms with E-state index >= 15 is 0 Å². The first-order valence-electron chi connectivity index (χ1n) is 5.93. The van der Waals surface area contributed by atoms with Crippen LogP contribution in [0, 0.1) is 17.3 Å². The van der Waals surface area contributed by atoms with Crippen molar-refractivity contribution < 1.29 is 9.13 Å². The number of halogens is 1. The second-order valence-electron chi connectivity index (χ2n) is 4.59. The highest BCUT2D eigenvalue weighted by Crippen LogP contribution is 2.22. The third-order valence-electron chi connectivity index (χ3n) is 3.29. The van der Waals surface area contributed by atoms with Crippen LogP contribution >= 0.6 is 0 Å². The Balaban J connectivity index is 1.84. The van der Waals surface area contributed by atoms with Crippen LogP contribution in [0.15, 0.2) is 12.3 Å². The number of nitrogens with zero attached hydrogens (tertiary/aromatic N) is 3. The number of hydrogen-bond donors (Lipinski definition) is 1. The lowest BCUT2D eigenvalue weighted by atomic mass is 10.1. The summed E-state index contributed by atoms with van der Waals surface area (Å²) in [7, 11) is 0. The van der Waals surface area contributed by atoms with Gasteiger partial charge in [0.15, 0.2) is 0 Å². The summed E-state index contributed by atoms with van der Waals surface area (Å²) < 4.78 is 19.0. The number of pyridine rings is 1. The molecule has 1 aromatic rings. The first-order chi connectivity index (χ1) is 8.76. The van der Waals surface area contributed by atoms with Gasteiger partial charge in [0.2, 0.25) is 5.95 Å². The second-order valence-corrected chi connectivity index (χ2v) is 4.59. The molecule has 0 radical (unpaired) electrons. The van der Waals surface area contributed by atoms with Crippen molar-refractivity contribution in [2.75, 3.05) is 31.1 Å². The molecule has 18 heavy (non-hydrogen) atoms. The Morgan fingerprint density at radius 1 is 1.44 bits per heavy atom. The fourth-order valence-electron chi connectivity index (χ4n) is 2.45. The molecule has 0 aliphatic carbocycles. The van der Waals surface area contributed by atoms with Gasteiger partial charge in [-0.05, 0) is 6.07 Å². The Labute approximate surface area is 104 Å².